The fourth-order valence-corrected chi connectivity index (χ4v) is 3.14. The Balaban J connectivity index is 2.27. The summed E-state index contributed by atoms with van der Waals surface area (Å²) in [6, 6.07) is 6.25. The van der Waals surface area contributed by atoms with Crippen molar-refractivity contribution in [2.45, 2.75) is 41.0 Å². The molecule has 1 aliphatic carbocycles. The predicted molar refractivity (Wildman–Crippen MR) is 81.3 cm³/mol. The molecule has 0 amide bonds. The summed E-state index contributed by atoms with van der Waals surface area (Å²) < 4.78 is 0. The van der Waals surface area contributed by atoms with Crippen molar-refractivity contribution in [3.63, 3.8) is 0 Å². The van der Waals surface area contributed by atoms with Crippen molar-refractivity contribution in [2.24, 2.45) is 17.8 Å². The third-order valence-electron chi connectivity index (χ3n) is 4.35. The summed E-state index contributed by atoms with van der Waals surface area (Å²) in [6.07, 6.45) is 3.56. The topological polar surface area (TPSA) is 17.1 Å². The van der Waals surface area contributed by atoms with Crippen molar-refractivity contribution in [2.75, 3.05) is 0 Å². The Morgan fingerprint density at radius 1 is 1.37 bits per heavy atom. The molecule has 1 saturated carbocycles. The van der Waals surface area contributed by atoms with Gasteiger partial charge in [-0.1, -0.05) is 38.1 Å². The first-order valence-corrected chi connectivity index (χ1v) is 7.23. The van der Waals surface area contributed by atoms with Crippen LogP contribution >= 0.6 is 0 Å². The van der Waals surface area contributed by atoms with Crippen molar-refractivity contribution < 1.29 is 4.79 Å². The van der Waals surface area contributed by atoms with E-state index in [1.807, 2.05) is 13.0 Å². The Morgan fingerprint density at radius 3 is 2.47 bits per heavy atom. The molecule has 0 N–H and O–H groups in total. The van der Waals surface area contributed by atoms with Crippen LogP contribution in [0, 0.1) is 24.7 Å². The number of allylic oxidation sites excluding steroid dienone is 2. The van der Waals surface area contributed by atoms with Gasteiger partial charge in [0.2, 0.25) is 0 Å². The summed E-state index contributed by atoms with van der Waals surface area (Å²) in [5.74, 6) is 2.46. The Labute approximate surface area is 116 Å². The number of carbonyl (C=O) groups excluding carboxylic acids is 1. The van der Waals surface area contributed by atoms with E-state index in [-0.39, 0.29) is 5.78 Å². The second-order valence-electron chi connectivity index (χ2n) is 6.08. The van der Waals surface area contributed by atoms with E-state index in [9.17, 15) is 4.79 Å². The van der Waals surface area contributed by atoms with E-state index in [0.717, 1.165) is 23.0 Å². The molecule has 0 bridgehead atoms. The lowest BCUT2D eigenvalue weighted by molar-refractivity contribution is 0.101. The Morgan fingerprint density at radius 2 is 2.05 bits per heavy atom. The van der Waals surface area contributed by atoms with Gasteiger partial charge in [-0.05, 0) is 61.6 Å². The molecule has 0 aromatic heterocycles. The van der Waals surface area contributed by atoms with Crippen LogP contribution in [0.3, 0.4) is 0 Å². The number of aryl methyl sites for hydroxylation is 1. The monoisotopic (exact) mass is 256 g/mol. The minimum absolute atomic E-state index is 0.151. The first-order valence-electron chi connectivity index (χ1n) is 7.23. The van der Waals surface area contributed by atoms with Gasteiger partial charge in [0.25, 0.3) is 0 Å². The van der Waals surface area contributed by atoms with Crippen LogP contribution in [0.4, 0.5) is 0 Å². The normalized spacial score (nSPS) is 22.7. The Kier molecular flexibility index (Phi) is 3.93. The molecule has 1 fully saturated rings. The summed E-state index contributed by atoms with van der Waals surface area (Å²) in [6.45, 7) is 10.4. The third kappa shape index (κ3) is 2.80. The van der Waals surface area contributed by atoms with Crippen LogP contribution in [0.2, 0.25) is 0 Å². The van der Waals surface area contributed by atoms with Crippen molar-refractivity contribution in [1.82, 2.24) is 0 Å². The van der Waals surface area contributed by atoms with Gasteiger partial charge in [0, 0.05) is 5.56 Å². The zero-order valence-corrected chi connectivity index (χ0v) is 12.7. The van der Waals surface area contributed by atoms with Crippen molar-refractivity contribution in [3.05, 3.63) is 41.0 Å². The molecule has 1 aromatic rings. The average molecular weight is 256 g/mol. The zero-order valence-electron chi connectivity index (χ0n) is 12.7. The van der Waals surface area contributed by atoms with Gasteiger partial charge in [-0.25, -0.2) is 0 Å². The third-order valence-corrected chi connectivity index (χ3v) is 4.35. The number of benzene rings is 1. The van der Waals surface area contributed by atoms with E-state index in [2.05, 4.69) is 39.0 Å². The van der Waals surface area contributed by atoms with E-state index in [1.54, 1.807) is 6.92 Å². The van der Waals surface area contributed by atoms with E-state index in [1.165, 1.54) is 17.6 Å². The number of ketones is 1. The molecule has 1 aliphatic rings. The number of hydrogen-bond acceptors (Lipinski definition) is 1. The summed E-state index contributed by atoms with van der Waals surface area (Å²) in [5, 5.41) is 0. The molecular formula is C18H24O. The standard InChI is InChI=1S/C18H24O/c1-6-15(18-10-17(18)11(2)3)14-7-8-16(13(5)19)12(4)9-14/h6-9,11,17-18H,10H2,1-5H3/b15-6-. The summed E-state index contributed by atoms with van der Waals surface area (Å²) in [5.41, 5.74) is 4.68. The van der Waals surface area contributed by atoms with Gasteiger partial charge in [-0.3, -0.25) is 4.79 Å². The summed E-state index contributed by atoms with van der Waals surface area (Å²) in [7, 11) is 0. The van der Waals surface area contributed by atoms with Crippen LogP contribution < -0.4 is 0 Å². The molecule has 0 saturated heterocycles. The maximum atomic E-state index is 11.5. The van der Waals surface area contributed by atoms with Gasteiger partial charge in [-0.15, -0.1) is 0 Å². The second kappa shape index (κ2) is 5.32. The average Bonchev–Trinajstić information content (AvgIpc) is 3.10. The lowest BCUT2D eigenvalue weighted by atomic mass is 9.93. The molecule has 1 heteroatoms. The molecule has 1 nitrogen and oxygen atoms in total. The number of Topliss-reactive ketones (excluding diaryl/α,β-unsaturated/α-hetero) is 1. The first kappa shape index (κ1) is 14.0. The van der Waals surface area contributed by atoms with Gasteiger partial charge in [0.1, 0.15) is 0 Å². The number of hydrogen-bond donors (Lipinski definition) is 0. The van der Waals surface area contributed by atoms with Crippen molar-refractivity contribution in [1.29, 1.82) is 0 Å². The molecule has 2 rings (SSSR count). The molecule has 1 aromatic carbocycles. The number of carbonyl (C=O) groups is 1. The quantitative estimate of drug-likeness (QED) is 0.701. The lowest BCUT2D eigenvalue weighted by Crippen LogP contribution is -1.99. The highest BCUT2D eigenvalue weighted by Crippen LogP contribution is 2.52. The van der Waals surface area contributed by atoms with Gasteiger partial charge < -0.3 is 0 Å². The second-order valence-corrected chi connectivity index (χ2v) is 6.08. The van der Waals surface area contributed by atoms with E-state index in [4.69, 9.17) is 0 Å². The fourth-order valence-electron chi connectivity index (χ4n) is 3.14. The summed E-state index contributed by atoms with van der Waals surface area (Å²) >= 11 is 0. The van der Waals surface area contributed by atoms with Crippen LogP contribution in [-0.2, 0) is 0 Å². The van der Waals surface area contributed by atoms with E-state index in [0.29, 0.717) is 5.92 Å². The molecule has 0 aliphatic heterocycles. The van der Waals surface area contributed by atoms with Crippen molar-refractivity contribution in [3.8, 4) is 0 Å². The van der Waals surface area contributed by atoms with Crippen LogP contribution in [-0.4, -0.2) is 5.78 Å². The largest absolute Gasteiger partial charge is 0.295 e. The van der Waals surface area contributed by atoms with Crippen LogP contribution in [0.25, 0.3) is 5.57 Å². The summed E-state index contributed by atoms with van der Waals surface area (Å²) in [4.78, 5) is 11.5. The predicted octanol–water partition coefficient (Wildman–Crippen LogP) is 4.89. The highest BCUT2D eigenvalue weighted by Gasteiger charge is 2.41. The highest BCUT2D eigenvalue weighted by atomic mass is 16.1. The minimum Gasteiger partial charge on any atom is -0.295 e. The Hall–Kier alpha value is -1.37. The lowest BCUT2D eigenvalue weighted by Gasteiger charge is -2.11. The molecule has 0 radical (unpaired) electrons. The van der Waals surface area contributed by atoms with Crippen LogP contribution in [0.5, 0.6) is 0 Å². The first-order chi connectivity index (χ1) is 8.95. The molecule has 0 spiro atoms. The fraction of sp³-hybridized carbons (Fsp3) is 0.500. The van der Waals surface area contributed by atoms with Gasteiger partial charge in [-0.2, -0.15) is 0 Å². The van der Waals surface area contributed by atoms with Crippen molar-refractivity contribution >= 4 is 11.4 Å². The molecule has 0 heterocycles. The van der Waals surface area contributed by atoms with E-state index < -0.39 is 0 Å². The van der Waals surface area contributed by atoms with Crippen LogP contribution in [0.15, 0.2) is 24.3 Å². The molecule has 2 atom stereocenters. The molecule has 19 heavy (non-hydrogen) atoms. The smallest absolute Gasteiger partial charge is 0.160 e. The van der Waals surface area contributed by atoms with E-state index >= 15 is 0 Å². The minimum atomic E-state index is 0.151. The SMILES string of the molecule is C/C=C(/c1ccc(C(C)=O)c(C)c1)C1CC1C(C)C. The van der Waals surface area contributed by atoms with Gasteiger partial charge >= 0.3 is 0 Å². The zero-order chi connectivity index (χ0) is 14.2. The van der Waals surface area contributed by atoms with Gasteiger partial charge in [0.05, 0.1) is 0 Å². The maximum absolute atomic E-state index is 11.5. The molecular weight excluding hydrogens is 232 g/mol. The van der Waals surface area contributed by atoms with Gasteiger partial charge in [0.15, 0.2) is 5.78 Å². The highest BCUT2D eigenvalue weighted by molar-refractivity contribution is 5.96. The molecule has 2 unspecified atom stereocenters. The Bertz CT molecular complexity index is 522. The molecule has 102 valence electrons. The maximum Gasteiger partial charge on any atom is 0.160 e. The van der Waals surface area contributed by atoms with Crippen LogP contribution in [0.1, 0.15) is 55.6 Å². The number of rotatable bonds is 4.